The van der Waals surface area contributed by atoms with E-state index < -0.39 is 11.9 Å². The molecule has 1 aromatic carbocycles. The van der Waals surface area contributed by atoms with E-state index in [2.05, 4.69) is 4.74 Å². The van der Waals surface area contributed by atoms with E-state index >= 15 is 0 Å². The molecule has 0 spiro atoms. The average Bonchev–Trinajstić information content (AvgIpc) is 2.30. The Labute approximate surface area is 73.4 Å². The summed E-state index contributed by atoms with van der Waals surface area (Å²) < 4.78 is 4.35. The van der Waals surface area contributed by atoms with Crippen molar-refractivity contribution in [2.24, 2.45) is 0 Å². The molecule has 0 aliphatic carbocycles. The van der Waals surface area contributed by atoms with Gasteiger partial charge in [-0.25, -0.2) is 9.59 Å². The molecule has 1 heterocycles. The summed E-state index contributed by atoms with van der Waals surface area (Å²) in [6, 6.07) is 6.53. The summed E-state index contributed by atoms with van der Waals surface area (Å²) in [5, 5.41) is 0. The quantitative estimate of drug-likeness (QED) is 0.330. The Kier molecular flexibility index (Phi) is 2.10. The minimum Gasteiger partial charge on any atom is -0.386 e. The van der Waals surface area contributed by atoms with Crippen LogP contribution in [0.4, 0.5) is 0 Å². The Morgan fingerprint density at radius 3 is 1.75 bits per heavy atom. The number of hydrogen-bond acceptors (Lipinski definition) is 3. The first-order chi connectivity index (χ1) is 5.29. The Bertz CT molecular complexity index is 313. The summed E-state index contributed by atoms with van der Waals surface area (Å²) >= 11 is 0. The van der Waals surface area contributed by atoms with E-state index in [1.165, 1.54) is 0 Å². The number of esters is 2. The van der Waals surface area contributed by atoms with Crippen molar-refractivity contribution in [3.63, 3.8) is 0 Å². The van der Waals surface area contributed by atoms with Crippen LogP contribution in [-0.2, 0) is 4.74 Å². The lowest BCUT2D eigenvalue weighted by atomic mass is 10.1. The van der Waals surface area contributed by atoms with Gasteiger partial charge in [0.15, 0.2) is 0 Å². The molecule has 1 aliphatic heterocycles. The van der Waals surface area contributed by atoms with Crippen LogP contribution in [-0.4, -0.2) is 22.9 Å². The van der Waals surface area contributed by atoms with Gasteiger partial charge in [0.25, 0.3) is 0 Å². The molecular weight excluding hydrogens is 172 g/mol. The summed E-state index contributed by atoms with van der Waals surface area (Å²) in [5.41, 5.74) is 0.718. The van der Waals surface area contributed by atoms with Crippen LogP contribution >= 0.6 is 0 Å². The molecule has 4 heteroatoms. The van der Waals surface area contributed by atoms with E-state index in [1.54, 1.807) is 24.3 Å². The number of ether oxygens (including phenoxy) is 1. The number of benzene rings is 1. The number of carbonyl (C=O) groups excluding carboxylic acids is 2. The fourth-order valence-electron chi connectivity index (χ4n) is 1.03. The molecule has 0 bridgehead atoms. The van der Waals surface area contributed by atoms with Crippen molar-refractivity contribution in [1.82, 2.24) is 0 Å². The molecule has 0 saturated heterocycles. The highest BCUT2D eigenvalue weighted by molar-refractivity contribution is 6.14. The lowest BCUT2D eigenvalue weighted by Crippen LogP contribution is -1.96. The first-order valence-corrected chi connectivity index (χ1v) is 3.14. The van der Waals surface area contributed by atoms with E-state index in [1.807, 2.05) is 0 Å². The zero-order valence-electron chi connectivity index (χ0n) is 6.03. The zero-order valence-corrected chi connectivity index (χ0v) is 7.03. The third-order valence-corrected chi connectivity index (χ3v) is 1.55. The molecular formula is C8H4O3Si. The topological polar surface area (TPSA) is 43.4 Å². The Balaban J connectivity index is 0.000000720. The minimum atomic E-state index is -0.550. The van der Waals surface area contributed by atoms with Crippen LogP contribution in [0.3, 0.4) is 0 Å². The fraction of sp³-hybridized carbons (Fsp3) is 0. The van der Waals surface area contributed by atoms with Gasteiger partial charge in [0.1, 0.15) is 0 Å². The van der Waals surface area contributed by atoms with E-state index in [4.69, 9.17) is 0 Å². The molecule has 0 atom stereocenters. The number of carbonyl (C=O) groups is 2. The van der Waals surface area contributed by atoms with Gasteiger partial charge >= 0.3 is 11.9 Å². The average molecular weight is 176 g/mol. The van der Waals surface area contributed by atoms with Crippen LogP contribution in [0.5, 0.6) is 0 Å². The van der Waals surface area contributed by atoms with Gasteiger partial charge in [0, 0.05) is 11.0 Å². The highest BCUT2D eigenvalue weighted by Gasteiger charge is 2.28. The summed E-state index contributed by atoms with van der Waals surface area (Å²) in [7, 11) is 0. The minimum absolute atomic E-state index is 0. The van der Waals surface area contributed by atoms with Crippen LogP contribution < -0.4 is 0 Å². The van der Waals surface area contributed by atoms with E-state index in [0.29, 0.717) is 11.1 Å². The molecule has 1 aliphatic rings. The van der Waals surface area contributed by atoms with Crippen LogP contribution in [0.1, 0.15) is 20.7 Å². The van der Waals surface area contributed by atoms with Crippen molar-refractivity contribution in [2.45, 2.75) is 0 Å². The lowest BCUT2D eigenvalue weighted by molar-refractivity contribution is 0.0444. The first kappa shape index (κ1) is 8.67. The van der Waals surface area contributed by atoms with Gasteiger partial charge < -0.3 is 4.74 Å². The Hall–Kier alpha value is -1.42. The standard InChI is InChI=1S/C8H4O3.Si/c9-7-5-3-1-2-4-6(5)8(10)11-7;/h1-4H;. The third-order valence-electron chi connectivity index (χ3n) is 1.55. The lowest BCUT2D eigenvalue weighted by Gasteiger charge is -1.86. The molecule has 0 N–H and O–H groups in total. The summed E-state index contributed by atoms with van der Waals surface area (Å²) in [6.45, 7) is 0. The first-order valence-electron chi connectivity index (χ1n) is 3.14. The van der Waals surface area contributed by atoms with Gasteiger partial charge in [0.05, 0.1) is 11.1 Å². The van der Waals surface area contributed by atoms with Gasteiger partial charge in [-0.05, 0) is 12.1 Å². The van der Waals surface area contributed by atoms with Gasteiger partial charge in [-0.3, -0.25) is 0 Å². The van der Waals surface area contributed by atoms with Crippen LogP contribution in [0, 0.1) is 0 Å². The molecule has 0 unspecified atom stereocenters. The maximum atomic E-state index is 10.8. The second-order valence-electron chi connectivity index (χ2n) is 2.22. The number of hydrogen-bond donors (Lipinski definition) is 0. The SMILES string of the molecule is O=C1OC(=O)c2ccccc21.[Si]. The molecule has 58 valence electrons. The van der Waals surface area contributed by atoms with Gasteiger partial charge in [-0.1, -0.05) is 12.1 Å². The van der Waals surface area contributed by atoms with Crippen LogP contribution in [0.15, 0.2) is 24.3 Å². The molecule has 0 fully saturated rings. The van der Waals surface area contributed by atoms with Crippen molar-refractivity contribution >= 4 is 22.9 Å². The van der Waals surface area contributed by atoms with Crippen LogP contribution in [0.2, 0.25) is 0 Å². The zero-order chi connectivity index (χ0) is 7.84. The number of cyclic esters (lactones) is 2. The fourth-order valence-corrected chi connectivity index (χ4v) is 1.03. The normalized spacial score (nSPS) is 13.3. The molecule has 1 aromatic rings. The molecule has 0 saturated carbocycles. The highest BCUT2D eigenvalue weighted by Crippen LogP contribution is 2.18. The Morgan fingerprint density at radius 2 is 1.33 bits per heavy atom. The molecule has 12 heavy (non-hydrogen) atoms. The van der Waals surface area contributed by atoms with Crippen molar-refractivity contribution in [3.8, 4) is 0 Å². The monoisotopic (exact) mass is 176 g/mol. The largest absolute Gasteiger partial charge is 0.386 e. The van der Waals surface area contributed by atoms with E-state index in [-0.39, 0.29) is 11.0 Å². The second-order valence-corrected chi connectivity index (χ2v) is 2.22. The predicted molar refractivity (Wildman–Crippen MR) is 41.9 cm³/mol. The summed E-state index contributed by atoms with van der Waals surface area (Å²) in [6.07, 6.45) is 0. The maximum absolute atomic E-state index is 10.8. The number of rotatable bonds is 0. The van der Waals surface area contributed by atoms with Gasteiger partial charge in [0.2, 0.25) is 0 Å². The summed E-state index contributed by atoms with van der Waals surface area (Å²) in [5.74, 6) is -1.10. The van der Waals surface area contributed by atoms with E-state index in [0.717, 1.165) is 0 Å². The second kappa shape index (κ2) is 2.90. The smallest absolute Gasteiger partial charge is 0.346 e. The molecule has 3 nitrogen and oxygen atoms in total. The van der Waals surface area contributed by atoms with Crippen molar-refractivity contribution < 1.29 is 14.3 Å². The van der Waals surface area contributed by atoms with Gasteiger partial charge in [-0.15, -0.1) is 0 Å². The third kappa shape index (κ3) is 1.06. The number of fused-ring (bicyclic) bond motifs is 1. The Morgan fingerprint density at radius 1 is 0.917 bits per heavy atom. The molecule has 2 rings (SSSR count). The van der Waals surface area contributed by atoms with Crippen LogP contribution in [0.25, 0.3) is 0 Å². The summed E-state index contributed by atoms with van der Waals surface area (Å²) in [4.78, 5) is 21.7. The van der Waals surface area contributed by atoms with Gasteiger partial charge in [-0.2, -0.15) is 0 Å². The predicted octanol–water partition coefficient (Wildman–Crippen LogP) is 0.616. The van der Waals surface area contributed by atoms with Crippen molar-refractivity contribution in [1.29, 1.82) is 0 Å². The molecule has 0 amide bonds. The molecule has 4 radical (unpaired) electrons. The maximum Gasteiger partial charge on any atom is 0.346 e. The highest BCUT2D eigenvalue weighted by atomic mass is 28.1. The molecule has 0 aromatic heterocycles. The van der Waals surface area contributed by atoms with Crippen molar-refractivity contribution in [3.05, 3.63) is 35.4 Å². The van der Waals surface area contributed by atoms with Crippen molar-refractivity contribution in [2.75, 3.05) is 0 Å². The van der Waals surface area contributed by atoms with E-state index in [9.17, 15) is 9.59 Å².